The van der Waals surface area contributed by atoms with Gasteiger partial charge in [-0.15, -0.1) is 0 Å². The number of hydrogen-bond donors (Lipinski definition) is 1. The second-order valence-corrected chi connectivity index (χ2v) is 8.54. The highest BCUT2D eigenvalue weighted by molar-refractivity contribution is 5.75. The van der Waals surface area contributed by atoms with Crippen LogP contribution >= 0.6 is 0 Å². The van der Waals surface area contributed by atoms with Gasteiger partial charge in [0.05, 0.1) is 24.8 Å². The van der Waals surface area contributed by atoms with Crippen molar-refractivity contribution in [3.63, 3.8) is 0 Å². The van der Waals surface area contributed by atoms with Crippen LogP contribution < -0.4 is 10.2 Å². The topological polar surface area (TPSA) is 61.2 Å². The molecule has 1 aromatic heterocycles. The molecule has 0 radical (unpaired) electrons. The van der Waals surface area contributed by atoms with Crippen molar-refractivity contribution >= 4 is 5.82 Å². The SMILES string of the molecule is CNCc1cc(C)c(-c2cc(Cc3ccc(N4CCOCC4)nc3)c(C)cc2C#N)c(F)c1. The predicted octanol–water partition coefficient (Wildman–Crippen LogP) is 4.52. The molecule has 33 heavy (non-hydrogen) atoms. The van der Waals surface area contributed by atoms with E-state index in [2.05, 4.69) is 27.3 Å². The van der Waals surface area contributed by atoms with Gasteiger partial charge in [-0.2, -0.15) is 5.26 Å². The lowest BCUT2D eigenvalue weighted by Crippen LogP contribution is -2.36. The Kier molecular flexibility index (Phi) is 7.02. The number of morpholine rings is 1. The third-order valence-electron chi connectivity index (χ3n) is 6.13. The van der Waals surface area contributed by atoms with Crippen LogP contribution in [-0.2, 0) is 17.7 Å². The van der Waals surface area contributed by atoms with E-state index in [1.165, 1.54) is 0 Å². The first-order valence-corrected chi connectivity index (χ1v) is 11.3. The molecule has 170 valence electrons. The van der Waals surface area contributed by atoms with Crippen molar-refractivity contribution in [1.82, 2.24) is 10.3 Å². The summed E-state index contributed by atoms with van der Waals surface area (Å²) in [6, 6.07) is 13.7. The third kappa shape index (κ3) is 5.05. The lowest BCUT2D eigenvalue weighted by atomic mass is 9.89. The summed E-state index contributed by atoms with van der Waals surface area (Å²) in [6.45, 7) is 7.63. The quantitative estimate of drug-likeness (QED) is 0.606. The standard InChI is InChI=1S/C27H29FN4O/c1-18-11-23(15-29)24(27-19(2)10-21(16-30-3)13-25(27)28)14-22(18)12-20-4-5-26(31-17-20)32-6-8-33-9-7-32/h4-5,10-11,13-14,17,30H,6-9,12,16H2,1-3H3. The van der Waals surface area contributed by atoms with Gasteiger partial charge in [0.15, 0.2) is 0 Å². The van der Waals surface area contributed by atoms with E-state index >= 15 is 4.39 Å². The van der Waals surface area contributed by atoms with Crippen LogP contribution in [0, 0.1) is 31.0 Å². The average molecular weight is 445 g/mol. The van der Waals surface area contributed by atoms with Crippen LogP contribution in [0.5, 0.6) is 0 Å². The number of aryl methyl sites for hydroxylation is 2. The van der Waals surface area contributed by atoms with Crippen molar-refractivity contribution < 1.29 is 9.13 Å². The molecule has 6 heteroatoms. The van der Waals surface area contributed by atoms with E-state index in [9.17, 15) is 5.26 Å². The summed E-state index contributed by atoms with van der Waals surface area (Å²) in [5.74, 6) is 0.654. The summed E-state index contributed by atoms with van der Waals surface area (Å²) >= 11 is 0. The van der Waals surface area contributed by atoms with Crippen molar-refractivity contribution in [3.8, 4) is 17.2 Å². The Balaban J connectivity index is 1.66. The van der Waals surface area contributed by atoms with Gasteiger partial charge in [0, 0.05) is 37.0 Å². The summed E-state index contributed by atoms with van der Waals surface area (Å²) < 4.78 is 20.6. The fourth-order valence-electron chi connectivity index (χ4n) is 4.43. The molecule has 2 heterocycles. The van der Waals surface area contributed by atoms with Crippen LogP contribution in [0.25, 0.3) is 11.1 Å². The Labute approximate surface area is 194 Å². The Morgan fingerprint density at radius 2 is 1.88 bits per heavy atom. The molecule has 0 spiro atoms. The lowest BCUT2D eigenvalue weighted by molar-refractivity contribution is 0.122. The molecule has 1 N–H and O–H groups in total. The van der Waals surface area contributed by atoms with E-state index in [0.717, 1.165) is 59.9 Å². The molecule has 0 aliphatic carbocycles. The highest BCUT2D eigenvalue weighted by Gasteiger charge is 2.17. The maximum atomic E-state index is 15.2. The molecule has 1 fully saturated rings. The van der Waals surface area contributed by atoms with Gasteiger partial charge in [0.2, 0.25) is 0 Å². The normalized spacial score (nSPS) is 13.7. The Morgan fingerprint density at radius 1 is 1.09 bits per heavy atom. The Bertz CT molecular complexity index is 1150. The summed E-state index contributed by atoms with van der Waals surface area (Å²) in [7, 11) is 1.84. The number of nitriles is 1. The molecule has 0 bridgehead atoms. The van der Waals surface area contributed by atoms with Gasteiger partial charge in [-0.05, 0) is 79.4 Å². The fourth-order valence-corrected chi connectivity index (χ4v) is 4.43. The highest BCUT2D eigenvalue weighted by Crippen LogP contribution is 2.33. The zero-order valence-corrected chi connectivity index (χ0v) is 19.4. The van der Waals surface area contributed by atoms with Gasteiger partial charge in [-0.3, -0.25) is 0 Å². The minimum Gasteiger partial charge on any atom is -0.378 e. The number of rotatable bonds is 6. The molecule has 1 saturated heterocycles. The second kappa shape index (κ2) is 10.1. The van der Waals surface area contributed by atoms with Crippen molar-refractivity contribution in [2.45, 2.75) is 26.8 Å². The summed E-state index contributed by atoms with van der Waals surface area (Å²) in [5.41, 5.74) is 6.47. The first kappa shape index (κ1) is 22.9. The molecule has 4 rings (SSSR count). The number of hydrogen-bond acceptors (Lipinski definition) is 5. The Morgan fingerprint density at radius 3 is 2.52 bits per heavy atom. The number of anilines is 1. The molecule has 0 unspecified atom stereocenters. The number of aromatic nitrogens is 1. The van der Waals surface area contributed by atoms with Crippen molar-refractivity contribution in [1.29, 1.82) is 5.26 Å². The summed E-state index contributed by atoms with van der Waals surface area (Å²) in [5, 5.41) is 12.8. The first-order chi connectivity index (χ1) is 16.0. The molecular formula is C27H29FN4O. The summed E-state index contributed by atoms with van der Waals surface area (Å²) in [4.78, 5) is 6.87. The molecule has 1 aliphatic heterocycles. The zero-order chi connectivity index (χ0) is 23.4. The van der Waals surface area contributed by atoms with Crippen LogP contribution in [0.1, 0.15) is 33.4 Å². The van der Waals surface area contributed by atoms with E-state index < -0.39 is 0 Å². The van der Waals surface area contributed by atoms with Gasteiger partial charge in [-0.1, -0.05) is 12.1 Å². The number of nitrogens with zero attached hydrogens (tertiary/aromatic N) is 3. The fraction of sp³-hybridized carbons (Fsp3) is 0.333. The number of pyridine rings is 1. The highest BCUT2D eigenvalue weighted by atomic mass is 19.1. The van der Waals surface area contributed by atoms with E-state index in [0.29, 0.717) is 29.7 Å². The van der Waals surface area contributed by atoms with Gasteiger partial charge in [0.25, 0.3) is 0 Å². The lowest BCUT2D eigenvalue weighted by Gasteiger charge is -2.27. The van der Waals surface area contributed by atoms with Crippen molar-refractivity contribution in [2.24, 2.45) is 0 Å². The average Bonchev–Trinajstić information content (AvgIpc) is 2.81. The van der Waals surface area contributed by atoms with Crippen LogP contribution in [0.2, 0.25) is 0 Å². The van der Waals surface area contributed by atoms with Gasteiger partial charge in [0.1, 0.15) is 11.6 Å². The number of nitrogens with one attached hydrogen (secondary N) is 1. The van der Waals surface area contributed by atoms with Crippen molar-refractivity contribution in [3.05, 3.63) is 81.8 Å². The summed E-state index contributed by atoms with van der Waals surface area (Å²) in [6.07, 6.45) is 2.57. The maximum absolute atomic E-state index is 15.2. The molecule has 3 aromatic rings. The van der Waals surface area contributed by atoms with Crippen LogP contribution in [0.15, 0.2) is 42.6 Å². The largest absolute Gasteiger partial charge is 0.378 e. The minimum atomic E-state index is -0.303. The number of halogens is 1. The molecule has 1 aliphatic rings. The van der Waals surface area contributed by atoms with Gasteiger partial charge < -0.3 is 15.0 Å². The van der Waals surface area contributed by atoms with Crippen LogP contribution in [0.3, 0.4) is 0 Å². The van der Waals surface area contributed by atoms with E-state index in [4.69, 9.17) is 4.74 Å². The predicted molar refractivity (Wildman–Crippen MR) is 129 cm³/mol. The van der Waals surface area contributed by atoms with Crippen LogP contribution in [0.4, 0.5) is 10.2 Å². The molecule has 2 aromatic carbocycles. The number of benzene rings is 2. The number of ether oxygens (including phenoxy) is 1. The van der Waals surface area contributed by atoms with E-state index in [-0.39, 0.29) is 5.82 Å². The van der Waals surface area contributed by atoms with E-state index in [1.807, 2.05) is 51.4 Å². The Hall–Kier alpha value is -3.27. The minimum absolute atomic E-state index is 0.303. The zero-order valence-electron chi connectivity index (χ0n) is 19.4. The maximum Gasteiger partial charge on any atom is 0.131 e. The second-order valence-electron chi connectivity index (χ2n) is 8.54. The first-order valence-electron chi connectivity index (χ1n) is 11.3. The molecule has 0 amide bonds. The van der Waals surface area contributed by atoms with Gasteiger partial charge in [-0.25, -0.2) is 9.37 Å². The molecule has 0 saturated carbocycles. The van der Waals surface area contributed by atoms with Gasteiger partial charge >= 0.3 is 0 Å². The third-order valence-corrected chi connectivity index (χ3v) is 6.13. The molecule has 5 nitrogen and oxygen atoms in total. The molecular weight excluding hydrogens is 415 g/mol. The smallest absolute Gasteiger partial charge is 0.131 e. The molecule has 0 atom stereocenters. The monoisotopic (exact) mass is 444 g/mol. The van der Waals surface area contributed by atoms with Crippen molar-refractivity contribution in [2.75, 3.05) is 38.3 Å². The van der Waals surface area contributed by atoms with E-state index in [1.54, 1.807) is 6.07 Å². The van der Waals surface area contributed by atoms with Crippen LogP contribution in [-0.4, -0.2) is 38.3 Å².